The molecule has 154 valence electrons. The lowest BCUT2D eigenvalue weighted by atomic mass is 10.0. The molecule has 0 radical (unpaired) electrons. The van der Waals surface area contributed by atoms with Gasteiger partial charge in [0, 0.05) is 18.6 Å². The maximum absolute atomic E-state index is 13.2. The average Bonchev–Trinajstić information content (AvgIpc) is 3.50. The van der Waals surface area contributed by atoms with E-state index in [1.807, 2.05) is 24.3 Å². The second-order valence-electron chi connectivity index (χ2n) is 8.01. The number of ether oxygens (including phenoxy) is 2. The molecule has 5 heteroatoms. The smallest absolute Gasteiger partial charge is 0.237 e. The van der Waals surface area contributed by atoms with E-state index >= 15 is 0 Å². The van der Waals surface area contributed by atoms with Gasteiger partial charge in [-0.2, -0.15) is 0 Å². The summed E-state index contributed by atoms with van der Waals surface area (Å²) in [6, 6.07) is 17.0. The predicted molar refractivity (Wildman–Crippen MR) is 113 cm³/mol. The normalized spacial score (nSPS) is 19.2. The third-order valence-electron chi connectivity index (χ3n) is 6.00. The van der Waals surface area contributed by atoms with E-state index in [1.54, 1.807) is 14.2 Å². The van der Waals surface area contributed by atoms with Gasteiger partial charge in [-0.05, 0) is 67.6 Å². The molecule has 1 saturated carbocycles. The lowest BCUT2D eigenvalue weighted by Crippen LogP contribution is -2.41. The minimum absolute atomic E-state index is 0.234. The zero-order valence-electron chi connectivity index (χ0n) is 17.3. The summed E-state index contributed by atoms with van der Waals surface area (Å²) in [6.07, 6.45) is 4.43. The number of carbonyl (C=O) groups is 1. The quantitative estimate of drug-likeness (QED) is 0.678. The first-order valence-electron chi connectivity index (χ1n) is 10.5. The van der Waals surface area contributed by atoms with E-state index in [0.29, 0.717) is 19.1 Å². The average molecular weight is 395 g/mol. The summed E-state index contributed by atoms with van der Waals surface area (Å²) >= 11 is 0. The van der Waals surface area contributed by atoms with Crippen LogP contribution in [-0.4, -0.2) is 49.1 Å². The largest absolute Gasteiger partial charge is 0.497 e. The third-order valence-corrected chi connectivity index (χ3v) is 6.00. The molecule has 29 heavy (non-hydrogen) atoms. The first kappa shape index (κ1) is 19.8. The maximum Gasteiger partial charge on any atom is 0.237 e. The molecule has 5 nitrogen and oxygen atoms in total. The third kappa shape index (κ3) is 4.73. The Balaban J connectivity index is 1.44. The molecule has 1 saturated heterocycles. The molecule has 0 spiro atoms. The van der Waals surface area contributed by atoms with Gasteiger partial charge in [0.15, 0.2) is 0 Å². The zero-order valence-corrected chi connectivity index (χ0v) is 17.3. The predicted octanol–water partition coefficient (Wildman–Crippen LogP) is 4.03. The SMILES string of the molecule is COc1ccc(CN(C(=O)CN2CCCC2c2cccc(OC)c2)C2CC2)cc1. The monoisotopic (exact) mass is 394 g/mol. The second-order valence-corrected chi connectivity index (χ2v) is 8.01. The Labute approximate surface area is 173 Å². The Morgan fingerprint density at radius 1 is 1.03 bits per heavy atom. The minimum atomic E-state index is 0.234. The van der Waals surface area contributed by atoms with Crippen molar-refractivity contribution in [3.63, 3.8) is 0 Å². The topological polar surface area (TPSA) is 42.0 Å². The lowest BCUT2D eigenvalue weighted by Gasteiger charge is -2.29. The lowest BCUT2D eigenvalue weighted by molar-refractivity contribution is -0.133. The summed E-state index contributed by atoms with van der Waals surface area (Å²) in [4.78, 5) is 17.6. The van der Waals surface area contributed by atoms with Gasteiger partial charge in [0.2, 0.25) is 5.91 Å². The first-order chi connectivity index (χ1) is 14.2. The molecular weight excluding hydrogens is 364 g/mol. The molecule has 1 unspecified atom stereocenters. The van der Waals surface area contributed by atoms with Crippen LogP contribution in [0.15, 0.2) is 48.5 Å². The molecule has 1 heterocycles. The van der Waals surface area contributed by atoms with Gasteiger partial charge in [0.25, 0.3) is 0 Å². The summed E-state index contributed by atoms with van der Waals surface area (Å²) in [7, 11) is 3.37. The molecule has 2 aromatic carbocycles. The summed E-state index contributed by atoms with van der Waals surface area (Å²) in [6.45, 7) is 2.12. The van der Waals surface area contributed by atoms with Gasteiger partial charge in [-0.3, -0.25) is 9.69 Å². The van der Waals surface area contributed by atoms with Crippen molar-refractivity contribution in [2.75, 3.05) is 27.3 Å². The van der Waals surface area contributed by atoms with E-state index in [-0.39, 0.29) is 11.9 Å². The summed E-state index contributed by atoms with van der Waals surface area (Å²) < 4.78 is 10.6. The highest BCUT2D eigenvalue weighted by atomic mass is 16.5. The molecule has 2 aromatic rings. The van der Waals surface area contributed by atoms with Gasteiger partial charge in [0.1, 0.15) is 11.5 Å². The van der Waals surface area contributed by atoms with Crippen molar-refractivity contribution in [1.82, 2.24) is 9.80 Å². The van der Waals surface area contributed by atoms with Crippen LogP contribution in [0.1, 0.15) is 42.9 Å². The number of carbonyl (C=O) groups excluding carboxylic acids is 1. The first-order valence-corrected chi connectivity index (χ1v) is 10.5. The standard InChI is InChI=1S/C24H30N2O3/c1-28-21-12-8-18(9-13-21)16-26(20-10-11-20)24(27)17-25-14-4-7-23(25)19-5-3-6-22(15-19)29-2/h3,5-6,8-9,12-13,15,20,23H,4,7,10-11,14,16-17H2,1-2H3. The number of hydrogen-bond acceptors (Lipinski definition) is 4. The summed E-state index contributed by atoms with van der Waals surface area (Å²) in [5.74, 6) is 1.95. The Morgan fingerprint density at radius 3 is 2.48 bits per heavy atom. The van der Waals surface area contributed by atoms with Crippen LogP contribution < -0.4 is 9.47 Å². The van der Waals surface area contributed by atoms with Gasteiger partial charge < -0.3 is 14.4 Å². The molecule has 2 aliphatic rings. The molecule has 2 fully saturated rings. The molecule has 0 bridgehead atoms. The molecule has 1 amide bonds. The van der Waals surface area contributed by atoms with E-state index < -0.39 is 0 Å². The van der Waals surface area contributed by atoms with Crippen molar-refractivity contribution in [3.8, 4) is 11.5 Å². The van der Waals surface area contributed by atoms with Gasteiger partial charge in [-0.15, -0.1) is 0 Å². The highest BCUT2D eigenvalue weighted by Gasteiger charge is 2.35. The zero-order chi connectivity index (χ0) is 20.2. The number of likely N-dealkylation sites (tertiary alicyclic amines) is 1. The van der Waals surface area contributed by atoms with Crippen molar-refractivity contribution in [2.45, 2.75) is 44.3 Å². The number of benzene rings is 2. The van der Waals surface area contributed by atoms with Crippen LogP contribution in [0.25, 0.3) is 0 Å². The van der Waals surface area contributed by atoms with E-state index in [4.69, 9.17) is 9.47 Å². The van der Waals surface area contributed by atoms with Gasteiger partial charge in [-0.1, -0.05) is 24.3 Å². The molecule has 1 atom stereocenters. The molecule has 0 aromatic heterocycles. The van der Waals surface area contributed by atoms with Crippen molar-refractivity contribution in [2.24, 2.45) is 0 Å². The number of rotatable bonds is 8. The molecule has 4 rings (SSSR count). The Kier molecular flexibility index (Phi) is 6.05. The van der Waals surface area contributed by atoms with Crippen molar-refractivity contribution >= 4 is 5.91 Å². The fourth-order valence-electron chi connectivity index (χ4n) is 4.24. The van der Waals surface area contributed by atoms with Crippen LogP contribution in [0, 0.1) is 0 Å². The van der Waals surface area contributed by atoms with E-state index in [0.717, 1.165) is 49.3 Å². The highest BCUT2D eigenvalue weighted by Crippen LogP contribution is 2.34. The van der Waals surface area contributed by atoms with Crippen LogP contribution in [0.4, 0.5) is 0 Å². The number of amides is 1. The van der Waals surface area contributed by atoms with E-state index in [1.165, 1.54) is 5.56 Å². The second kappa shape index (κ2) is 8.87. The van der Waals surface area contributed by atoms with Crippen molar-refractivity contribution < 1.29 is 14.3 Å². The Morgan fingerprint density at radius 2 is 1.79 bits per heavy atom. The van der Waals surface area contributed by atoms with Crippen LogP contribution in [-0.2, 0) is 11.3 Å². The maximum atomic E-state index is 13.2. The van der Waals surface area contributed by atoms with Gasteiger partial charge >= 0.3 is 0 Å². The summed E-state index contributed by atoms with van der Waals surface area (Å²) in [5, 5.41) is 0. The molecular formula is C24H30N2O3. The van der Waals surface area contributed by atoms with E-state index in [9.17, 15) is 4.79 Å². The van der Waals surface area contributed by atoms with Crippen LogP contribution >= 0.6 is 0 Å². The van der Waals surface area contributed by atoms with Crippen LogP contribution in [0.5, 0.6) is 11.5 Å². The van der Waals surface area contributed by atoms with Crippen molar-refractivity contribution in [1.29, 1.82) is 0 Å². The van der Waals surface area contributed by atoms with Crippen LogP contribution in [0.3, 0.4) is 0 Å². The van der Waals surface area contributed by atoms with Gasteiger partial charge in [-0.25, -0.2) is 0 Å². The van der Waals surface area contributed by atoms with Crippen LogP contribution in [0.2, 0.25) is 0 Å². The highest BCUT2D eigenvalue weighted by molar-refractivity contribution is 5.79. The molecule has 1 aliphatic carbocycles. The number of methoxy groups -OCH3 is 2. The fraction of sp³-hybridized carbons (Fsp3) is 0.458. The fourth-order valence-corrected chi connectivity index (χ4v) is 4.24. The minimum Gasteiger partial charge on any atom is -0.497 e. The number of hydrogen-bond donors (Lipinski definition) is 0. The Bertz CT molecular complexity index is 832. The summed E-state index contributed by atoms with van der Waals surface area (Å²) in [5.41, 5.74) is 2.39. The number of nitrogens with zero attached hydrogens (tertiary/aromatic N) is 2. The van der Waals surface area contributed by atoms with E-state index in [2.05, 4.69) is 34.1 Å². The van der Waals surface area contributed by atoms with Gasteiger partial charge in [0.05, 0.1) is 20.8 Å². The molecule has 1 aliphatic heterocycles. The van der Waals surface area contributed by atoms with Crippen molar-refractivity contribution in [3.05, 3.63) is 59.7 Å². The Hall–Kier alpha value is -2.53. The molecule has 0 N–H and O–H groups in total.